The van der Waals surface area contributed by atoms with Crippen LogP contribution in [0.1, 0.15) is 35.4 Å². The van der Waals surface area contributed by atoms with Crippen LogP contribution in [0.5, 0.6) is 0 Å². The van der Waals surface area contributed by atoms with E-state index in [2.05, 4.69) is 5.48 Å². The van der Waals surface area contributed by atoms with Crippen molar-refractivity contribution in [3.05, 3.63) is 46.7 Å². The van der Waals surface area contributed by atoms with Crippen LogP contribution >= 0.6 is 11.3 Å². The summed E-state index contributed by atoms with van der Waals surface area (Å²) in [6, 6.07) is 11.9. The highest BCUT2D eigenvalue weighted by molar-refractivity contribution is 7.12. The molecule has 0 aliphatic heterocycles. The SMILES string of the molecule is O=C(NOC1CCCC1)c1sccc1-c1ccccc1. The number of hydrogen-bond acceptors (Lipinski definition) is 3. The summed E-state index contributed by atoms with van der Waals surface area (Å²) < 4.78 is 0. The quantitative estimate of drug-likeness (QED) is 0.863. The van der Waals surface area contributed by atoms with E-state index in [4.69, 9.17) is 4.84 Å². The number of benzene rings is 1. The van der Waals surface area contributed by atoms with Gasteiger partial charge in [-0.3, -0.25) is 9.63 Å². The first-order valence-electron chi connectivity index (χ1n) is 6.93. The second kappa shape index (κ2) is 6.20. The molecular formula is C16H17NO2S. The molecule has 20 heavy (non-hydrogen) atoms. The van der Waals surface area contributed by atoms with Crippen LogP contribution in [0, 0.1) is 0 Å². The van der Waals surface area contributed by atoms with E-state index in [0.29, 0.717) is 4.88 Å². The number of carbonyl (C=O) groups excluding carboxylic acids is 1. The maximum atomic E-state index is 12.2. The second-order valence-electron chi connectivity index (χ2n) is 4.98. The van der Waals surface area contributed by atoms with E-state index in [-0.39, 0.29) is 12.0 Å². The molecular weight excluding hydrogens is 270 g/mol. The lowest BCUT2D eigenvalue weighted by molar-refractivity contribution is -0.0122. The smallest absolute Gasteiger partial charge is 0.270 e. The Morgan fingerprint density at radius 3 is 2.65 bits per heavy atom. The van der Waals surface area contributed by atoms with Gasteiger partial charge in [0, 0.05) is 5.56 Å². The third-order valence-electron chi connectivity index (χ3n) is 3.58. The van der Waals surface area contributed by atoms with Crippen molar-refractivity contribution < 1.29 is 9.63 Å². The zero-order valence-electron chi connectivity index (χ0n) is 11.2. The van der Waals surface area contributed by atoms with Gasteiger partial charge < -0.3 is 0 Å². The van der Waals surface area contributed by atoms with E-state index in [1.54, 1.807) is 0 Å². The minimum absolute atomic E-state index is 0.147. The lowest BCUT2D eigenvalue weighted by atomic mass is 10.1. The standard InChI is InChI=1S/C16H17NO2S/c18-16(17-19-13-8-4-5-9-13)15-14(10-11-20-15)12-6-2-1-3-7-12/h1-3,6-7,10-11,13H,4-5,8-9H2,(H,17,18). The van der Waals surface area contributed by atoms with Crippen LogP contribution in [0.15, 0.2) is 41.8 Å². The lowest BCUT2D eigenvalue weighted by Gasteiger charge is -2.11. The summed E-state index contributed by atoms with van der Waals surface area (Å²) >= 11 is 1.44. The molecule has 1 N–H and O–H groups in total. The van der Waals surface area contributed by atoms with Gasteiger partial charge in [-0.2, -0.15) is 0 Å². The van der Waals surface area contributed by atoms with Gasteiger partial charge in [-0.15, -0.1) is 11.3 Å². The van der Waals surface area contributed by atoms with Crippen molar-refractivity contribution in [2.45, 2.75) is 31.8 Å². The van der Waals surface area contributed by atoms with Gasteiger partial charge in [0.25, 0.3) is 5.91 Å². The Bertz CT molecular complexity index is 573. The molecule has 1 saturated carbocycles. The van der Waals surface area contributed by atoms with Gasteiger partial charge in [-0.1, -0.05) is 43.2 Å². The molecule has 0 bridgehead atoms. The van der Waals surface area contributed by atoms with Crippen molar-refractivity contribution in [2.75, 3.05) is 0 Å². The summed E-state index contributed by atoms with van der Waals surface area (Å²) in [7, 11) is 0. The van der Waals surface area contributed by atoms with Crippen molar-refractivity contribution in [1.29, 1.82) is 0 Å². The molecule has 1 fully saturated rings. The maximum absolute atomic E-state index is 12.2. The summed E-state index contributed by atoms with van der Waals surface area (Å²) in [4.78, 5) is 18.4. The maximum Gasteiger partial charge on any atom is 0.285 e. The van der Waals surface area contributed by atoms with Crippen molar-refractivity contribution in [2.24, 2.45) is 0 Å². The Morgan fingerprint density at radius 1 is 1.15 bits per heavy atom. The van der Waals surface area contributed by atoms with E-state index < -0.39 is 0 Å². The number of carbonyl (C=O) groups is 1. The van der Waals surface area contributed by atoms with Gasteiger partial charge in [0.15, 0.2) is 0 Å². The van der Waals surface area contributed by atoms with E-state index in [9.17, 15) is 4.79 Å². The molecule has 0 saturated heterocycles. The van der Waals surface area contributed by atoms with Gasteiger partial charge >= 0.3 is 0 Å². The van der Waals surface area contributed by atoms with Crippen LogP contribution in [0.4, 0.5) is 0 Å². The van der Waals surface area contributed by atoms with Crippen molar-refractivity contribution in [1.82, 2.24) is 5.48 Å². The molecule has 4 heteroatoms. The third-order valence-corrected chi connectivity index (χ3v) is 4.49. The predicted octanol–water partition coefficient (Wildman–Crippen LogP) is 4.02. The Kier molecular flexibility index (Phi) is 4.14. The van der Waals surface area contributed by atoms with Crippen LogP contribution in [-0.2, 0) is 4.84 Å². The Balaban J connectivity index is 1.70. The predicted molar refractivity (Wildman–Crippen MR) is 80.6 cm³/mol. The molecule has 3 nitrogen and oxygen atoms in total. The first-order valence-corrected chi connectivity index (χ1v) is 7.81. The average Bonchev–Trinajstić information content (AvgIpc) is 3.17. The number of rotatable bonds is 4. The molecule has 0 unspecified atom stereocenters. The summed E-state index contributed by atoms with van der Waals surface area (Å²) in [5, 5.41) is 1.94. The van der Waals surface area contributed by atoms with Gasteiger partial charge in [0.2, 0.25) is 0 Å². The topological polar surface area (TPSA) is 38.3 Å². The van der Waals surface area contributed by atoms with Crippen LogP contribution < -0.4 is 5.48 Å². The molecule has 104 valence electrons. The van der Waals surface area contributed by atoms with Crippen LogP contribution in [0.2, 0.25) is 0 Å². The minimum Gasteiger partial charge on any atom is -0.270 e. The number of hydrogen-bond donors (Lipinski definition) is 1. The van der Waals surface area contributed by atoms with Crippen LogP contribution in [0.3, 0.4) is 0 Å². The fraction of sp³-hybridized carbons (Fsp3) is 0.312. The molecule has 3 rings (SSSR count). The van der Waals surface area contributed by atoms with Gasteiger partial charge in [0.05, 0.1) is 6.10 Å². The van der Waals surface area contributed by atoms with Crippen molar-refractivity contribution in [3.63, 3.8) is 0 Å². The van der Waals surface area contributed by atoms with E-state index in [1.165, 1.54) is 24.2 Å². The van der Waals surface area contributed by atoms with Crippen molar-refractivity contribution in [3.8, 4) is 11.1 Å². The molecule has 1 aliphatic carbocycles. The second-order valence-corrected chi connectivity index (χ2v) is 5.90. The monoisotopic (exact) mass is 287 g/mol. The average molecular weight is 287 g/mol. The zero-order valence-corrected chi connectivity index (χ0v) is 12.0. The van der Waals surface area contributed by atoms with E-state index in [0.717, 1.165) is 24.0 Å². The summed E-state index contributed by atoms with van der Waals surface area (Å²) in [6.07, 6.45) is 4.63. The minimum atomic E-state index is -0.147. The Morgan fingerprint density at radius 2 is 1.90 bits per heavy atom. The van der Waals surface area contributed by atoms with E-state index in [1.807, 2.05) is 41.8 Å². The summed E-state index contributed by atoms with van der Waals surface area (Å²) in [5.74, 6) is -0.147. The zero-order chi connectivity index (χ0) is 13.8. The first-order chi connectivity index (χ1) is 9.84. The number of hydroxylamine groups is 1. The molecule has 0 spiro atoms. The molecule has 0 atom stereocenters. The normalized spacial score (nSPS) is 15.4. The Hall–Kier alpha value is -1.65. The fourth-order valence-electron chi connectivity index (χ4n) is 2.52. The lowest BCUT2D eigenvalue weighted by Crippen LogP contribution is -2.28. The van der Waals surface area contributed by atoms with Crippen molar-refractivity contribution >= 4 is 17.2 Å². The fourth-order valence-corrected chi connectivity index (χ4v) is 3.32. The first kappa shape index (κ1) is 13.3. The molecule has 1 amide bonds. The highest BCUT2D eigenvalue weighted by Crippen LogP contribution is 2.28. The van der Waals surface area contributed by atoms with Gasteiger partial charge in [-0.05, 0) is 29.9 Å². The highest BCUT2D eigenvalue weighted by atomic mass is 32.1. The van der Waals surface area contributed by atoms with E-state index >= 15 is 0 Å². The molecule has 0 radical (unpaired) electrons. The molecule has 1 heterocycles. The largest absolute Gasteiger partial charge is 0.285 e. The van der Waals surface area contributed by atoms with Crippen LogP contribution in [0.25, 0.3) is 11.1 Å². The Labute approximate surface area is 122 Å². The molecule has 2 aromatic rings. The molecule has 1 aromatic carbocycles. The highest BCUT2D eigenvalue weighted by Gasteiger charge is 2.19. The molecule has 1 aromatic heterocycles. The van der Waals surface area contributed by atoms with Gasteiger partial charge in [-0.25, -0.2) is 5.48 Å². The third kappa shape index (κ3) is 2.92. The number of amides is 1. The summed E-state index contributed by atoms with van der Waals surface area (Å²) in [6.45, 7) is 0. The number of nitrogens with one attached hydrogen (secondary N) is 1. The number of thiophene rings is 1. The van der Waals surface area contributed by atoms with Crippen LogP contribution in [-0.4, -0.2) is 12.0 Å². The summed E-state index contributed by atoms with van der Waals surface area (Å²) in [5.41, 5.74) is 4.63. The molecule has 1 aliphatic rings. The van der Waals surface area contributed by atoms with Gasteiger partial charge in [0.1, 0.15) is 4.88 Å².